The Hall–Kier alpha value is -4.32. The topological polar surface area (TPSA) is 149 Å². The molecular weight excluding hydrogens is 350 g/mol. The monoisotopic (exact) mass is 361 g/mol. The molecule has 0 saturated carbocycles. The highest BCUT2D eigenvalue weighted by Gasteiger charge is 2.19. The van der Waals surface area contributed by atoms with Gasteiger partial charge < -0.3 is 5.73 Å². The molecule has 2 N–H and O–H groups in total. The summed E-state index contributed by atoms with van der Waals surface area (Å²) in [5.41, 5.74) is 7.11. The van der Waals surface area contributed by atoms with Crippen LogP contribution in [0.5, 0.6) is 0 Å². The van der Waals surface area contributed by atoms with Crippen LogP contribution in [0.3, 0.4) is 0 Å². The van der Waals surface area contributed by atoms with Crippen molar-refractivity contribution in [3.8, 4) is 28.5 Å². The normalized spacial score (nSPS) is 10.2. The highest BCUT2D eigenvalue weighted by molar-refractivity contribution is 5.82. The molecule has 0 saturated heterocycles. The quantitative estimate of drug-likeness (QED) is 0.550. The second-order valence-electron chi connectivity index (χ2n) is 5.51. The van der Waals surface area contributed by atoms with Gasteiger partial charge in [0.1, 0.15) is 17.5 Å². The van der Waals surface area contributed by atoms with Gasteiger partial charge in [-0.1, -0.05) is 12.1 Å². The Morgan fingerprint density at radius 3 is 2.22 bits per heavy atom. The number of hydrogen-bond acceptors (Lipinski definition) is 7. The van der Waals surface area contributed by atoms with Crippen molar-refractivity contribution in [2.75, 3.05) is 5.73 Å². The second-order valence-corrected chi connectivity index (χ2v) is 5.51. The molecule has 1 heterocycles. The molecule has 0 spiro atoms. The van der Waals surface area contributed by atoms with Crippen molar-refractivity contribution in [3.05, 3.63) is 80.4 Å². The molecule has 0 aliphatic carbocycles. The molecule has 2 aromatic carbocycles. The zero-order valence-corrected chi connectivity index (χ0v) is 13.7. The van der Waals surface area contributed by atoms with Crippen LogP contribution < -0.4 is 5.73 Å². The van der Waals surface area contributed by atoms with Gasteiger partial charge in [0.15, 0.2) is 0 Å². The van der Waals surface area contributed by atoms with Crippen molar-refractivity contribution >= 4 is 17.2 Å². The van der Waals surface area contributed by atoms with Crippen LogP contribution in [0.4, 0.5) is 17.2 Å². The average molecular weight is 361 g/mol. The van der Waals surface area contributed by atoms with E-state index >= 15 is 0 Å². The van der Waals surface area contributed by atoms with Gasteiger partial charge in [0, 0.05) is 23.8 Å². The summed E-state index contributed by atoms with van der Waals surface area (Å²) >= 11 is 0. The van der Waals surface area contributed by atoms with E-state index in [1.807, 2.05) is 6.07 Å². The highest BCUT2D eigenvalue weighted by atomic mass is 16.6. The molecule has 132 valence electrons. The van der Waals surface area contributed by atoms with Crippen molar-refractivity contribution in [1.29, 1.82) is 5.26 Å². The van der Waals surface area contributed by atoms with E-state index in [9.17, 15) is 25.5 Å². The van der Waals surface area contributed by atoms with Gasteiger partial charge in [-0.25, -0.2) is 4.98 Å². The number of benzene rings is 2. The summed E-state index contributed by atoms with van der Waals surface area (Å²) in [6.07, 6.45) is 0. The predicted molar refractivity (Wildman–Crippen MR) is 97.5 cm³/mol. The van der Waals surface area contributed by atoms with Crippen LogP contribution in [0.15, 0.2) is 54.6 Å². The van der Waals surface area contributed by atoms with E-state index in [1.165, 1.54) is 48.5 Å². The second kappa shape index (κ2) is 6.89. The molecule has 0 aliphatic rings. The summed E-state index contributed by atoms with van der Waals surface area (Å²) in [5.74, 6) is -0.0819. The van der Waals surface area contributed by atoms with Crippen LogP contribution >= 0.6 is 0 Å². The number of nitro benzene ring substituents is 2. The van der Waals surface area contributed by atoms with Gasteiger partial charge in [-0.3, -0.25) is 20.2 Å². The molecule has 27 heavy (non-hydrogen) atoms. The minimum absolute atomic E-state index is 0.0819. The Kier molecular flexibility index (Phi) is 4.47. The molecule has 3 rings (SSSR count). The fraction of sp³-hybridized carbons (Fsp3) is 0. The number of anilines is 1. The van der Waals surface area contributed by atoms with E-state index in [0.29, 0.717) is 11.1 Å². The molecule has 0 atom stereocenters. The molecule has 9 nitrogen and oxygen atoms in total. The fourth-order valence-electron chi connectivity index (χ4n) is 2.66. The van der Waals surface area contributed by atoms with Gasteiger partial charge in [-0.05, 0) is 29.8 Å². The van der Waals surface area contributed by atoms with Crippen molar-refractivity contribution in [1.82, 2.24) is 4.98 Å². The third-order valence-corrected chi connectivity index (χ3v) is 3.93. The molecule has 0 unspecified atom stereocenters. The molecule has 1 aromatic heterocycles. The van der Waals surface area contributed by atoms with Gasteiger partial charge in [0.2, 0.25) is 0 Å². The Labute approximate surface area is 152 Å². The lowest BCUT2D eigenvalue weighted by atomic mass is 9.98. The molecule has 0 aliphatic heterocycles. The van der Waals surface area contributed by atoms with Crippen LogP contribution in [-0.2, 0) is 0 Å². The number of hydrogen-bond donors (Lipinski definition) is 1. The lowest BCUT2D eigenvalue weighted by molar-refractivity contribution is -0.384. The van der Waals surface area contributed by atoms with Crippen LogP contribution in [0.25, 0.3) is 22.4 Å². The van der Waals surface area contributed by atoms with Gasteiger partial charge in [0.25, 0.3) is 11.4 Å². The van der Waals surface area contributed by atoms with Crippen LogP contribution in [0.2, 0.25) is 0 Å². The smallest absolute Gasteiger partial charge is 0.278 e. The maximum Gasteiger partial charge on any atom is 0.278 e. The van der Waals surface area contributed by atoms with Crippen LogP contribution in [0, 0.1) is 31.6 Å². The molecule has 3 aromatic rings. The molecular formula is C18H11N5O4. The van der Waals surface area contributed by atoms with E-state index in [1.54, 1.807) is 6.07 Å². The summed E-state index contributed by atoms with van der Waals surface area (Å²) in [7, 11) is 0. The van der Waals surface area contributed by atoms with E-state index in [4.69, 9.17) is 5.73 Å². The Bertz CT molecular complexity index is 1100. The number of nitriles is 1. The molecule has 0 radical (unpaired) electrons. The molecule has 0 fully saturated rings. The first-order valence-corrected chi connectivity index (χ1v) is 7.61. The first-order chi connectivity index (χ1) is 12.9. The Balaban J connectivity index is 2.23. The largest absolute Gasteiger partial charge is 0.383 e. The van der Waals surface area contributed by atoms with E-state index in [-0.39, 0.29) is 34.0 Å². The number of nitrogen functional groups attached to an aromatic ring is 1. The first-order valence-electron chi connectivity index (χ1n) is 7.61. The van der Waals surface area contributed by atoms with Gasteiger partial charge in [-0.2, -0.15) is 5.26 Å². The summed E-state index contributed by atoms with van der Waals surface area (Å²) in [6, 6.07) is 15.1. The molecule has 0 bridgehead atoms. The highest BCUT2D eigenvalue weighted by Crippen LogP contribution is 2.35. The zero-order chi connectivity index (χ0) is 19.6. The fourth-order valence-corrected chi connectivity index (χ4v) is 2.66. The first kappa shape index (κ1) is 17.5. The van der Waals surface area contributed by atoms with Crippen LogP contribution in [-0.4, -0.2) is 14.8 Å². The molecule has 9 heteroatoms. The predicted octanol–water partition coefficient (Wildman–Crippen LogP) is 3.69. The third-order valence-electron chi connectivity index (χ3n) is 3.93. The third kappa shape index (κ3) is 3.27. The summed E-state index contributed by atoms with van der Waals surface area (Å²) in [6.45, 7) is 0. The van der Waals surface area contributed by atoms with Gasteiger partial charge >= 0.3 is 0 Å². The lowest BCUT2D eigenvalue weighted by Gasteiger charge is -2.10. The number of rotatable bonds is 4. The molecule has 0 amide bonds. The van der Waals surface area contributed by atoms with Crippen molar-refractivity contribution < 1.29 is 9.85 Å². The maximum absolute atomic E-state index is 11.3. The summed E-state index contributed by atoms with van der Waals surface area (Å²) in [5, 5.41) is 31.5. The number of nitrogens with zero attached hydrogens (tertiary/aromatic N) is 4. The van der Waals surface area contributed by atoms with Gasteiger partial charge in [-0.15, -0.1) is 0 Å². The van der Waals surface area contributed by atoms with Gasteiger partial charge in [0.05, 0.1) is 21.1 Å². The Morgan fingerprint density at radius 1 is 0.963 bits per heavy atom. The number of aromatic nitrogens is 1. The SMILES string of the molecule is N#Cc1c(-c2ccc([N+](=O)[O-])cc2)cc(-c2ccccc2[N+](=O)[O-])nc1N. The van der Waals surface area contributed by atoms with Crippen molar-refractivity contribution in [2.45, 2.75) is 0 Å². The standard InChI is InChI=1S/C18H11N5O4/c19-10-15-14(11-5-7-12(8-6-11)22(24)25)9-16(21-18(15)20)13-3-1-2-4-17(13)23(26)27/h1-9H,(H2,20,21). The number of pyridine rings is 1. The van der Waals surface area contributed by atoms with E-state index in [0.717, 1.165) is 0 Å². The Morgan fingerprint density at radius 2 is 1.63 bits per heavy atom. The van der Waals surface area contributed by atoms with E-state index < -0.39 is 9.85 Å². The average Bonchev–Trinajstić information content (AvgIpc) is 2.67. The summed E-state index contributed by atoms with van der Waals surface area (Å²) < 4.78 is 0. The maximum atomic E-state index is 11.3. The number of non-ortho nitro benzene ring substituents is 1. The number of nitrogens with two attached hydrogens (primary N) is 1. The van der Waals surface area contributed by atoms with Crippen LogP contribution in [0.1, 0.15) is 5.56 Å². The zero-order valence-electron chi connectivity index (χ0n) is 13.7. The minimum Gasteiger partial charge on any atom is -0.383 e. The number of para-hydroxylation sites is 1. The van der Waals surface area contributed by atoms with Crippen molar-refractivity contribution in [2.24, 2.45) is 0 Å². The minimum atomic E-state index is -0.533. The number of nitro groups is 2. The lowest BCUT2D eigenvalue weighted by Crippen LogP contribution is -2.01. The van der Waals surface area contributed by atoms with Crippen molar-refractivity contribution in [3.63, 3.8) is 0 Å². The van der Waals surface area contributed by atoms with E-state index in [2.05, 4.69) is 4.98 Å². The summed E-state index contributed by atoms with van der Waals surface area (Å²) in [4.78, 5) is 25.2.